The molecule has 4 heteroatoms. The zero-order valence-electron chi connectivity index (χ0n) is 26.3. The molecule has 8 aromatic carbocycles. The number of hydrogen-bond donors (Lipinski definition) is 0. The quantitative estimate of drug-likeness (QED) is 0.183. The lowest BCUT2D eigenvalue weighted by Gasteiger charge is -2.12. The van der Waals surface area contributed by atoms with E-state index in [4.69, 9.17) is 19.4 Å². The molecule has 0 aliphatic heterocycles. The molecule has 4 nitrogen and oxygen atoms in total. The van der Waals surface area contributed by atoms with Crippen molar-refractivity contribution in [3.8, 4) is 45.3 Å². The van der Waals surface area contributed by atoms with Crippen LogP contribution in [0.1, 0.15) is 0 Å². The van der Waals surface area contributed by atoms with E-state index in [0.29, 0.717) is 17.5 Å². The van der Waals surface area contributed by atoms with Crippen LogP contribution >= 0.6 is 0 Å². The van der Waals surface area contributed by atoms with E-state index in [9.17, 15) is 0 Å². The number of hydrogen-bond acceptors (Lipinski definition) is 4. The Bertz CT molecular complexity index is 2780. The fraction of sp³-hybridized carbons (Fsp3) is 0. The Balaban J connectivity index is 1.19. The van der Waals surface area contributed by atoms with Crippen molar-refractivity contribution in [3.63, 3.8) is 0 Å². The maximum absolute atomic E-state index is 6.44. The van der Waals surface area contributed by atoms with E-state index in [1.165, 1.54) is 32.3 Å². The summed E-state index contributed by atoms with van der Waals surface area (Å²) in [4.78, 5) is 15.0. The Labute approximate surface area is 282 Å². The third-order valence-corrected chi connectivity index (χ3v) is 9.51. The van der Waals surface area contributed by atoms with Gasteiger partial charge >= 0.3 is 0 Å². The van der Waals surface area contributed by atoms with Crippen molar-refractivity contribution >= 4 is 54.3 Å². The van der Waals surface area contributed by atoms with Crippen LogP contribution < -0.4 is 0 Å². The third-order valence-electron chi connectivity index (χ3n) is 9.51. The van der Waals surface area contributed by atoms with Crippen molar-refractivity contribution in [3.05, 3.63) is 164 Å². The van der Waals surface area contributed by atoms with Gasteiger partial charge in [-0.05, 0) is 67.7 Å². The highest BCUT2D eigenvalue weighted by Crippen LogP contribution is 2.40. The van der Waals surface area contributed by atoms with Crippen LogP contribution in [0.3, 0.4) is 0 Å². The van der Waals surface area contributed by atoms with Gasteiger partial charge in [-0.25, -0.2) is 15.0 Å². The van der Waals surface area contributed by atoms with Gasteiger partial charge in [0.15, 0.2) is 17.5 Å². The average molecular weight is 626 g/mol. The van der Waals surface area contributed by atoms with Gasteiger partial charge in [0.2, 0.25) is 0 Å². The van der Waals surface area contributed by atoms with Crippen LogP contribution in [0.15, 0.2) is 168 Å². The predicted octanol–water partition coefficient (Wildman–Crippen LogP) is 11.9. The molecule has 0 fully saturated rings. The predicted molar refractivity (Wildman–Crippen MR) is 201 cm³/mol. The van der Waals surface area contributed by atoms with Crippen molar-refractivity contribution in [2.45, 2.75) is 0 Å². The lowest BCUT2D eigenvalue weighted by Crippen LogP contribution is -2.00. The molecular formula is C45H27N3O. The molecule has 0 saturated heterocycles. The van der Waals surface area contributed by atoms with Crippen molar-refractivity contribution in [1.29, 1.82) is 0 Å². The Hall–Kier alpha value is -6.65. The zero-order valence-corrected chi connectivity index (χ0v) is 26.3. The third kappa shape index (κ3) is 4.49. The van der Waals surface area contributed by atoms with Crippen molar-refractivity contribution < 1.29 is 4.42 Å². The van der Waals surface area contributed by atoms with E-state index in [1.54, 1.807) is 0 Å². The molecule has 0 aliphatic carbocycles. The molecule has 10 aromatic rings. The highest BCUT2D eigenvalue weighted by Gasteiger charge is 2.18. The van der Waals surface area contributed by atoms with Gasteiger partial charge in [-0.1, -0.05) is 140 Å². The zero-order chi connectivity index (χ0) is 32.3. The first-order chi connectivity index (χ1) is 24.3. The van der Waals surface area contributed by atoms with Gasteiger partial charge in [0.25, 0.3) is 0 Å². The molecule has 2 heterocycles. The van der Waals surface area contributed by atoms with Crippen LogP contribution in [0.5, 0.6) is 0 Å². The Morgan fingerprint density at radius 3 is 1.41 bits per heavy atom. The number of aromatic nitrogens is 3. The van der Waals surface area contributed by atoms with E-state index >= 15 is 0 Å². The summed E-state index contributed by atoms with van der Waals surface area (Å²) >= 11 is 0. The SMILES string of the molecule is c1ccc(-c2nc(-c3ccccc3)nc(-c3cccc4oc5ccc(-c6ccc7c8ccccc8c8ccccc8c7c6)cc5c34)n2)cc1. The molecule has 0 spiro atoms. The molecule has 0 unspecified atom stereocenters. The van der Waals surface area contributed by atoms with Gasteiger partial charge < -0.3 is 4.42 Å². The first-order valence-corrected chi connectivity index (χ1v) is 16.4. The van der Waals surface area contributed by atoms with Gasteiger partial charge in [0, 0.05) is 27.5 Å². The molecule has 10 rings (SSSR count). The second kappa shape index (κ2) is 11.0. The highest BCUT2D eigenvalue weighted by molar-refractivity contribution is 6.25. The van der Waals surface area contributed by atoms with Crippen molar-refractivity contribution in [2.75, 3.05) is 0 Å². The molecule has 0 amide bonds. The molecular weight excluding hydrogens is 599 g/mol. The average Bonchev–Trinajstić information content (AvgIpc) is 3.57. The Morgan fingerprint density at radius 1 is 0.306 bits per heavy atom. The first kappa shape index (κ1) is 27.5. The summed E-state index contributed by atoms with van der Waals surface area (Å²) in [5, 5.41) is 9.59. The lowest BCUT2D eigenvalue weighted by molar-refractivity contribution is 0.669. The summed E-state index contributed by atoms with van der Waals surface area (Å²) < 4.78 is 6.44. The summed E-state index contributed by atoms with van der Waals surface area (Å²) in [6.45, 7) is 0. The topological polar surface area (TPSA) is 51.8 Å². The second-order valence-electron chi connectivity index (χ2n) is 12.4. The van der Waals surface area contributed by atoms with E-state index in [1.807, 2.05) is 72.8 Å². The van der Waals surface area contributed by atoms with Crippen molar-refractivity contribution in [2.24, 2.45) is 0 Å². The molecule has 2 aromatic heterocycles. The standard InChI is InChI=1S/C45H27N3O/c1-3-12-28(13-4-1)43-46-44(29-14-5-2-6-15-29)48-45(47-43)37-20-11-21-41-42(37)39-27-31(23-25-40(39)49-41)30-22-24-36-34-18-8-7-16-32(34)33-17-9-10-19-35(33)38(36)26-30/h1-27H. The minimum atomic E-state index is 0.607. The number of fused-ring (bicyclic) bond motifs is 9. The molecule has 0 N–H and O–H groups in total. The number of furan rings is 1. The van der Waals surface area contributed by atoms with E-state index in [2.05, 4.69) is 91.0 Å². The minimum Gasteiger partial charge on any atom is -0.456 e. The summed E-state index contributed by atoms with van der Waals surface area (Å²) in [5.41, 5.74) is 6.67. The summed E-state index contributed by atoms with van der Waals surface area (Å²) in [5.74, 6) is 1.87. The van der Waals surface area contributed by atoms with Crippen LogP contribution in [0.4, 0.5) is 0 Å². The summed E-state index contributed by atoms with van der Waals surface area (Å²) in [6, 6.07) is 57.0. The molecule has 228 valence electrons. The van der Waals surface area contributed by atoms with Crippen LogP contribution in [0, 0.1) is 0 Å². The van der Waals surface area contributed by atoms with Crippen molar-refractivity contribution in [1.82, 2.24) is 15.0 Å². The molecule has 0 radical (unpaired) electrons. The van der Waals surface area contributed by atoms with Crippen LogP contribution in [-0.4, -0.2) is 15.0 Å². The molecule has 0 bridgehead atoms. The van der Waals surface area contributed by atoms with Gasteiger partial charge in [-0.3, -0.25) is 0 Å². The second-order valence-corrected chi connectivity index (χ2v) is 12.4. The van der Waals surface area contributed by atoms with Gasteiger partial charge in [-0.15, -0.1) is 0 Å². The molecule has 0 aliphatic rings. The number of rotatable bonds is 4. The van der Waals surface area contributed by atoms with E-state index < -0.39 is 0 Å². The lowest BCUT2D eigenvalue weighted by atomic mass is 9.92. The minimum absolute atomic E-state index is 0.607. The summed E-state index contributed by atoms with van der Waals surface area (Å²) in [6.07, 6.45) is 0. The highest BCUT2D eigenvalue weighted by atomic mass is 16.3. The fourth-order valence-electron chi connectivity index (χ4n) is 7.21. The summed E-state index contributed by atoms with van der Waals surface area (Å²) in [7, 11) is 0. The van der Waals surface area contributed by atoms with E-state index in [0.717, 1.165) is 49.8 Å². The Morgan fingerprint density at radius 2 is 0.796 bits per heavy atom. The van der Waals surface area contributed by atoms with Crippen LogP contribution in [-0.2, 0) is 0 Å². The largest absolute Gasteiger partial charge is 0.456 e. The van der Waals surface area contributed by atoms with Crippen LogP contribution in [0.2, 0.25) is 0 Å². The van der Waals surface area contributed by atoms with Crippen LogP contribution in [0.25, 0.3) is 99.5 Å². The number of benzene rings is 8. The molecule has 0 atom stereocenters. The van der Waals surface area contributed by atoms with Gasteiger partial charge in [-0.2, -0.15) is 0 Å². The molecule has 0 saturated carbocycles. The van der Waals surface area contributed by atoms with E-state index in [-0.39, 0.29) is 0 Å². The molecule has 49 heavy (non-hydrogen) atoms. The smallest absolute Gasteiger partial charge is 0.164 e. The maximum atomic E-state index is 6.44. The maximum Gasteiger partial charge on any atom is 0.164 e. The van der Waals surface area contributed by atoms with Gasteiger partial charge in [0.1, 0.15) is 11.2 Å². The number of nitrogens with zero attached hydrogens (tertiary/aromatic N) is 3. The van der Waals surface area contributed by atoms with Gasteiger partial charge in [0.05, 0.1) is 0 Å². The Kier molecular flexibility index (Phi) is 6.15. The first-order valence-electron chi connectivity index (χ1n) is 16.4. The fourth-order valence-corrected chi connectivity index (χ4v) is 7.21. The normalized spacial score (nSPS) is 11.7. The monoisotopic (exact) mass is 625 g/mol.